The molecule has 3 rings (SSSR count). The van der Waals surface area contributed by atoms with Gasteiger partial charge in [0.25, 0.3) is 0 Å². The van der Waals surface area contributed by atoms with Crippen molar-refractivity contribution < 1.29 is 18.9 Å². The Bertz CT molecular complexity index is 409. The van der Waals surface area contributed by atoms with Crippen LogP contribution in [0, 0.1) is 0 Å². The minimum atomic E-state index is -0.185. The Morgan fingerprint density at radius 3 is 3.00 bits per heavy atom. The average Bonchev–Trinajstić information content (AvgIpc) is 2.96. The van der Waals surface area contributed by atoms with Gasteiger partial charge in [0, 0.05) is 6.42 Å². The molecule has 17 heavy (non-hydrogen) atoms. The van der Waals surface area contributed by atoms with Crippen molar-refractivity contribution >= 4 is 0 Å². The molecule has 2 heterocycles. The first kappa shape index (κ1) is 10.8. The molecule has 1 saturated heterocycles. The highest BCUT2D eigenvalue weighted by molar-refractivity contribution is 5.45. The van der Waals surface area contributed by atoms with Gasteiger partial charge in [0.05, 0.1) is 6.61 Å². The molecule has 2 aliphatic heterocycles. The highest BCUT2D eigenvalue weighted by atomic mass is 16.7. The molecule has 0 aromatic heterocycles. The topological polar surface area (TPSA) is 62.9 Å². The van der Waals surface area contributed by atoms with Crippen molar-refractivity contribution in [3.63, 3.8) is 0 Å². The van der Waals surface area contributed by atoms with E-state index in [-0.39, 0.29) is 19.2 Å². The molecule has 2 atom stereocenters. The van der Waals surface area contributed by atoms with Gasteiger partial charge in [-0.25, -0.2) is 0 Å². The zero-order valence-electron chi connectivity index (χ0n) is 9.43. The Labute approximate surface area is 99.4 Å². The van der Waals surface area contributed by atoms with Crippen molar-refractivity contribution in [2.75, 3.05) is 19.9 Å². The van der Waals surface area contributed by atoms with Crippen molar-refractivity contribution in [1.82, 2.24) is 0 Å². The summed E-state index contributed by atoms with van der Waals surface area (Å²) in [7, 11) is 0. The lowest BCUT2D eigenvalue weighted by atomic mass is 10.1. The maximum absolute atomic E-state index is 5.75. The van der Waals surface area contributed by atoms with Crippen molar-refractivity contribution in [2.45, 2.75) is 18.8 Å². The Morgan fingerprint density at radius 2 is 2.12 bits per heavy atom. The van der Waals surface area contributed by atoms with Crippen molar-refractivity contribution in [3.8, 4) is 11.5 Å². The summed E-state index contributed by atoms with van der Waals surface area (Å²) in [6.45, 7) is 1.42. The minimum absolute atomic E-state index is 0.0407. The molecule has 0 spiro atoms. The number of hydrogen-bond acceptors (Lipinski definition) is 5. The van der Waals surface area contributed by atoms with E-state index < -0.39 is 0 Å². The van der Waals surface area contributed by atoms with E-state index in [0.29, 0.717) is 13.2 Å². The van der Waals surface area contributed by atoms with Gasteiger partial charge < -0.3 is 24.7 Å². The van der Waals surface area contributed by atoms with Crippen LogP contribution < -0.4 is 15.2 Å². The number of hydrogen-bond donors (Lipinski definition) is 1. The van der Waals surface area contributed by atoms with E-state index in [2.05, 4.69) is 0 Å². The van der Waals surface area contributed by atoms with E-state index in [1.54, 1.807) is 0 Å². The van der Waals surface area contributed by atoms with Crippen LogP contribution in [0.2, 0.25) is 0 Å². The zero-order chi connectivity index (χ0) is 11.7. The van der Waals surface area contributed by atoms with Gasteiger partial charge in [-0.05, 0) is 24.2 Å². The van der Waals surface area contributed by atoms with Gasteiger partial charge in [-0.2, -0.15) is 0 Å². The van der Waals surface area contributed by atoms with Gasteiger partial charge >= 0.3 is 0 Å². The molecule has 2 N–H and O–H groups in total. The molecule has 0 aliphatic carbocycles. The van der Waals surface area contributed by atoms with Crippen LogP contribution in [0.5, 0.6) is 11.5 Å². The van der Waals surface area contributed by atoms with Gasteiger partial charge in [0.2, 0.25) is 6.79 Å². The lowest BCUT2D eigenvalue weighted by Gasteiger charge is -2.11. The van der Waals surface area contributed by atoms with Gasteiger partial charge in [0.15, 0.2) is 17.8 Å². The first-order valence-electron chi connectivity index (χ1n) is 5.73. The second kappa shape index (κ2) is 4.52. The summed E-state index contributed by atoms with van der Waals surface area (Å²) >= 11 is 0. The fourth-order valence-electron chi connectivity index (χ4n) is 2.03. The van der Waals surface area contributed by atoms with Crippen molar-refractivity contribution in [2.24, 2.45) is 5.73 Å². The van der Waals surface area contributed by atoms with Gasteiger partial charge in [-0.15, -0.1) is 0 Å². The normalized spacial score (nSPS) is 26.4. The van der Waals surface area contributed by atoms with E-state index in [1.807, 2.05) is 18.2 Å². The third kappa shape index (κ3) is 2.09. The van der Waals surface area contributed by atoms with Crippen molar-refractivity contribution in [3.05, 3.63) is 23.8 Å². The number of rotatable bonds is 3. The van der Waals surface area contributed by atoms with Crippen LogP contribution in [0.15, 0.2) is 18.2 Å². The predicted octanol–water partition coefficient (Wildman–Crippen LogP) is 1.18. The fraction of sp³-hybridized carbons (Fsp3) is 0.500. The van der Waals surface area contributed by atoms with E-state index in [1.165, 1.54) is 0 Å². The summed E-state index contributed by atoms with van der Waals surface area (Å²) in [5, 5.41) is 0. The third-order valence-electron chi connectivity index (χ3n) is 2.92. The molecule has 1 fully saturated rings. The number of fused-ring (bicyclic) bond motifs is 1. The highest BCUT2D eigenvalue weighted by Gasteiger charge is 2.28. The molecule has 2 aliphatic rings. The van der Waals surface area contributed by atoms with Gasteiger partial charge in [0.1, 0.15) is 6.10 Å². The second-order valence-electron chi connectivity index (χ2n) is 4.08. The number of benzene rings is 1. The largest absolute Gasteiger partial charge is 0.454 e. The van der Waals surface area contributed by atoms with Gasteiger partial charge in [-0.1, -0.05) is 6.07 Å². The molecule has 5 nitrogen and oxygen atoms in total. The monoisotopic (exact) mass is 237 g/mol. The Balaban J connectivity index is 1.73. The minimum Gasteiger partial charge on any atom is -0.454 e. The Kier molecular flexibility index (Phi) is 2.88. The lowest BCUT2D eigenvalue weighted by Crippen LogP contribution is -2.14. The number of nitrogens with two attached hydrogens (primary N) is 1. The summed E-state index contributed by atoms with van der Waals surface area (Å²) in [6.07, 6.45) is 0.498. The standard InChI is InChI=1S/C12H15NO4/c13-4-3-12-14-6-11(17-12)8-1-2-9-10(5-8)16-7-15-9/h1-2,5,11-12H,3-4,6-7,13H2. The summed E-state index contributed by atoms with van der Waals surface area (Å²) in [4.78, 5) is 0. The van der Waals surface area contributed by atoms with Gasteiger partial charge in [-0.3, -0.25) is 0 Å². The Hall–Kier alpha value is -1.30. The molecule has 0 amide bonds. The quantitative estimate of drug-likeness (QED) is 0.855. The van der Waals surface area contributed by atoms with Crippen LogP contribution in [0.4, 0.5) is 0 Å². The maximum Gasteiger partial charge on any atom is 0.231 e. The SMILES string of the molecule is NCCC1OCC(c2ccc3c(c2)OCO3)O1. The summed E-state index contributed by atoms with van der Waals surface area (Å²) in [5.74, 6) is 1.56. The fourth-order valence-corrected chi connectivity index (χ4v) is 2.03. The van der Waals surface area contributed by atoms with E-state index in [9.17, 15) is 0 Å². The molecule has 5 heteroatoms. The molecule has 0 saturated carbocycles. The van der Waals surface area contributed by atoms with Crippen LogP contribution in [-0.2, 0) is 9.47 Å². The smallest absolute Gasteiger partial charge is 0.231 e. The molecule has 1 aromatic carbocycles. The molecule has 2 unspecified atom stereocenters. The molecule has 1 aromatic rings. The highest BCUT2D eigenvalue weighted by Crippen LogP contribution is 2.36. The molecule has 0 radical (unpaired) electrons. The van der Waals surface area contributed by atoms with Crippen molar-refractivity contribution in [1.29, 1.82) is 0 Å². The first-order chi connectivity index (χ1) is 8.36. The first-order valence-corrected chi connectivity index (χ1v) is 5.73. The molecular weight excluding hydrogens is 222 g/mol. The van der Waals surface area contributed by atoms with Crippen LogP contribution >= 0.6 is 0 Å². The molecule has 92 valence electrons. The number of ether oxygens (including phenoxy) is 4. The predicted molar refractivity (Wildman–Crippen MR) is 59.8 cm³/mol. The average molecular weight is 237 g/mol. The van der Waals surface area contributed by atoms with E-state index >= 15 is 0 Å². The maximum atomic E-state index is 5.75. The molecule has 0 bridgehead atoms. The zero-order valence-corrected chi connectivity index (χ0v) is 9.43. The van der Waals surface area contributed by atoms with E-state index in [0.717, 1.165) is 23.5 Å². The van der Waals surface area contributed by atoms with Crippen LogP contribution in [0.3, 0.4) is 0 Å². The van der Waals surface area contributed by atoms with E-state index in [4.69, 9.17) is 24.7 Å². The third-order valence-corrected chi connectivity index (χ3v) is 2.92. The molecular formula is C12H15NO4. The van der Waals surface area contributed by atoms with Crippen LogP contribution in [0.1, 0.15) is 18.1 Å². The summed E-state index contributed by atoms with van der Waals surface area (Å²) in [6, 6.07) is 5.82. The summed E-state index contributed by atoms with van der Waals surface area (Å²) < 4.78 is 21.9. The van der Waals surface area contributed by atoms with Crippen LogP contribution in [0.25, 0.3) is 0 Å². The summed E-state index contributed by atoms with van der Waals surface area (Å²) in [5.41, 5.74) is 6.52. The lowest BCUT2D eigenvalue weighted by molar-refractivity contribution is -0.0606. The Morgan fingerprint density at radius 1 is 1.24 bits per heavy atom. The second-order valence-corrected chi connectivity index (χ2v) is 4.08. The van der Waals surface area contributed by atoms with Crippen LogP contribution in [-0.4, -0.2) is 26.2 Å².